The Hall–Kier alpha value is -4.67. The normalized spacial score (nSPS) is 18.1. The van der Waals surface area contributed by atoms with E-state index in [9.17, 15) is 33.5 Å². The Morgan fingerprint density at radius 1 is 1.21 bits per heavy atom. The van der Waals surface area contributed by atoms with E-state index in [1.165, 1.54) is 50.4 Å². The van der Waals surface area contributed by atoms with E-state index in [1.807, 2.05) is 6.07 Å². The van der Waals surface area contributed by atoms with Gasteiger partial charge in [0, 0.05) is 47.8 Å². The molecular formula is C33H33ClF3N5O5. The number of anilines is 2. The quantitative estimate of drug-likeness (QED) is 0.299. The van der Waals surface area contributed by atoms with E-state index >= 15 is 4.39 Å². The highest BCUT2D eigenvalue weighted by Gasteiger charge is 2.48. The molecule has 3 amide bonds. The number of hydrogen-bond donors (Lipinski definition) is 2. The smallest absolute Gasteiger partial charge is 0.416 e. The minimum atomic E-state index is -2.97. The third-order valence-corrected chi connectivity index (χ3v) is 8.12. The molecular weight excluding hydrogens is 639 g/mol. The van der Waals surface area contributed by atoms with Crippen LogP contribution in [0.2, 0.25) is 5.02 Å². The SMILES string of the molecule is C.CC(C)(O)c1cc(F)cc(N(C(=O)[C@@H]2CCOC(=O)N2c2cc(C#N)ccn2)[C@H](C(=O)NC2CC(F)(F)C2)c2ccccc2Cl)c1. The number of halogens is 4. The number of amides is 3. The number of aromatic nitrogens is 1. The third kappa shape index (κ3) is 7.50. The number of benzene rings is 2. The predicted molar refractivity (Wildman–Crippen MR) is 167 cm³/mol. The first-order valence-corrected chi connectivity index (χ1v) is 14.7. The number of carbonyl (C=O) groups is 3. The predicted octanol–water partition coefficient (Wildman–Crippen LogP) is 6.01. The van der Waals surface area contributed by atoms with Crippen LogP contribution in [0.15, 0.2) is 60.8 Å². The number of ether oxygens (including phenoxy) is 1. The Labute approximate surface area is 274 Å². The van der Waals surface area contributed by atoms with Crippen LogP contribution in [0.1, 0.15) is 63.3 Å². The fourth-order valence-corrected chi connectivity index (χ4v) is 5.70. The molecule has 1 saturated heterocycles. The summed E-state index contributed by atoms with van der Waals surface area (Å²) in [5.74, 6) is -5.69. The standard InChI is InChI=1S/C32H29ClF3N5O5.CH4/c1-31(2,45)19-12-20(34)14-22(13-19)40(27(23-5-3-4-6-24(23)33)28(42)39-21-15-32(35,36)16-21)29(43)25-8-10-46-30(44)41(25)26-11-18(17-37)7-9-38-26;/h3-7,9,11-14,21,25,27,45H,8,10,15-16H2,1-2H3,(H,39,42);1H4/t25-,27-;/m0./s1. The highest BCUT2D eigenvalue weighted by atomic mass is 35.5. The van der Waals surface area contributed by atoms with Crippen molar-refractivity contribution >= 4 is 41.0 Å². The maximum absolute atomic E-state index is 15.2. The number of alkyl halides is 2. The number of pyridine rings is 1. The van der Waals surface area contributed by atoms with Gasteiger partial charge in [0.1, 0.15) is 23.7 Å². The molecule has 3 aromatic rings. The zero-order valence-electron chi connectivity index (χ0n) is 24.7. The average Bonchev–Trinajstić information content (AvgIpc) is 2.98. The minimum Gasteiger partial charge on any atom is -0.449 e. The summed E-state index contributed by atoms with van der Waals surface area (Å²) in [5.41, 5.74) is -1.49. The first kappa shape index (κ1) is 35.2. The van der Waals surface area contributed by atoms with E-state index < -0.39 is 66.2 Å². The molecule has 248 valence electrons. The van der Waals surface area contributed by atoms with Gasteiger partial charge in [0.05, 0.1) is 23.8 Å². The fourth-order valence-electron chi connectivity index (χ4n) is 5.46. The Morgan fingerprint density at radius 2 is 1.91 bits per heavy atom. The van der Waals surface area contributed by atoms with Gasteiger partial charge in [-0.2, -0.15) is 5.26 Å². The summed E-state index contributed by atoms with van der Waals surface area (Å²) in [5, 5.41) is 22.8. The summed E-state index contributed by atoms with van der Waals surface area (Å²) in [6.45, 7) is 2.61. The second-order valence-electron chi connectivity index (χ2n) is 11.7. The number of rotatable bonds is 8. The lowest BCUT2D eigenvalue weighted by molar-refractivity contribution is -0.133. The summed E-state index contributed by atoms with van der Waals surface area (Å²) in [4.78, 5) is 48.0. The molecule has 2 heterocycles. The van der Waals surface area contributed by atoms with Crippen molar-refractivity contribution < 1.29 is 37.4 Å². The second-order valence-corrected chi connectivity index (χ2v) is 12.1. The van der Waals surface area contributed by atoms with Crippen molar-refractivity contribution in [2.24, 2.45) is 0 Å². The van der Waals surface area contributed by atoms with Crippen LogP contribution in [0.4, 0.5) is 29.5 Å². The molecule has 2 aliphatic rings. The van der Waals surface area contributed by atoms with Gasteiger partial charge in [-0.3, -0.25) is 14.5 Å². The Bertz CT molecular complexity index is 1720. The Kier molecular flexibility index (Phi) is 10.2. The number of hydrogen-bond acceptors (Lipinski definition) is 7. The molecule has 1 saturated carbocycles. The van der Waals surface area contributed by atoms with E-state index in [4.69, 9.17) is 16.3 Å². The third-order valence-electron chi connectivity index (χ3n) is 7.78. The van der Waals surface area contributed by atoms with E-state index in [0.29, 0.717) is 0 Å². The first-order chi connectivity index (χ1) is 21.7. The number of aliphatic hydroxyl groups is 1. The molecule has 14 heteroatoms. The lowest BCUT2D eigenvalue weighted by Gasteiger charge is -2.41. The van der Waals surface area contributed by atoms with Crippen LogP contribution < -0.4 is 15.1 Å². The van der Waals surface area contributed by atoms with Gasteiger partial charge in [0.25, 0.3) is 11.8 Å². The lowest BCUT2D eigenvalue weighted by Crippen LogP contribution is -2.58. The lowest BCUT2D eigenvalue weighted by atomic mass is 9.87. The molecule has 2 atom stereocenters. The zero-order chi connectivity index (χ0) is 33.4. The Morgan fingerprint density at radius 3 is 2.55 bits per heavy atom. The molecule has 1 aliphatic carbocycles. The summed E-state index contributed by atoms with van der Waals surface area (Å²) in [7, 11) is 0. The van der Waals surface area contributed by atoms with Crippen molar-refractivity contribution in [3.63, 3.8) is 0 Å². The molecule has 10 nitrogen and oxygen atoms in total. The van der Waals surface area contributed by atoms with Crippen molar-refractivity contribution in [2.75, 3.05) is 16.4 Å². The summed E-state index contributed by atoms with van der Waals surface area (Å²) in [6, 6.07) is 10.1. The molecule has 0 bridgehead atoms. The molecule has 1 aromatic heterocycles. The van der Waals surface area contributed by atoms with Gasteiger partial charge in [-0.05, 0) is 55.8 Å². The van der Waals surface area contributed by atoms with Crippen LogP contribution in [0.25, 0.3) is 0 Å². The highest BCUT2D eigenvalue weighted by molar-refractivity contribution is 6.31. The van der Waals surface area contributed by atoms with Gasteiger partial charge in [0.2, 0.25) is 5.91 Å². The average molecular weight is 672 g/mol. The van der Waals surface area contributed by atoms with E-state index in [1.54, 1.807) is 12.1 Å². The van der Waals surface area contributed by atoms with Crippen LogP contribution in [-0.2, 0) is 19.9 Å². The number of nitrogens with zero attached hydrogens (tertiary/aromatic N) is 4. The van der Waals surface area contributed by atoms with Crippen LogP contribution in [0, 0.1) is 17.1 Å². The zero-order valence-corrected chi connectivity index (χ0v) is 25.5. The molecule has 5 rings (SSSR count). The van der Waals surface area contributed by atoms with E-state index in [2.05, 4.69) is 10.3 Å². The first-order valence-electron chi connectivity index (χ1n) is 14.3. The molecule has 2 aromatic carbocycles. The van der Waals surface area contributed by atoms with Crippen LogP contribution in [0.3, 0.4) is 0 Å². The number of carbonyl (C=O) groups excluding carboxylic acids is 3. The number of nitrogens with one attached hydrogen (secondary N) is 1. The largest absolute Gasteiger partial charge is 0.449 e. The van der Waals surface area contributed by atoms with Crippen molar-refractivity contribution in [3.05, 3.63) is 88.3 Å². The molecule has 1 aliphatic heterocycles. The minimum absolute atomic E-state index is 0. The van der Waals surface area contributed by atoms with Crippen LogP contribution >= 0.6 is 11.6 Å². The number of cyclic esters (lactones) is 1. The topological polar surface area (TPSA) is 136 Å². The van der Waals surface area contributed by atoms with Crippen molar-refractivity contribution in [2.45, 2.75) is 70.2 Å². The molecule has 0 spiro atoms. The maximum Gasteiger partial charge on any atom is 0.416 e. The van der Waals surface area contributed by atoms with Crippen molar-refractivity contribution in [1.29, 1.82) is 5.26 Å². The maximum atomic E-state index is 15.2. The van der Waals surface area contributed by atoms with Gasteiger partial charge in [-0.15, -0.1) is 0 Å². The van der Waals surface area contributed by atoms with Gasteiger partial charge in [-0.1, -0.05) is 37.2 Å². The van der Waals surface area contributed by atoms with Gasteiger partial charge in [-0.25, -0.2) is 27.8 Å². The van der Waals surface area contributed by atoms with Gasteiger partial charge < -0.3 is 15.2 Å². The summed E-state index contributed by atoms with van der Waals surface area (Å²) < 4.78 is 47.9. The molecule has 0 radical (unpaired) electrons. The number of nitriles is 1. The summed E-state index contributed by atoms with van der Waals surface area (Å²) in [6.07, 6.45) is -1.02. The van der Waals surface area contributed by atoms with Crippen molar-refractivity contribution in [3.8, 4) is 6.07 Å². The van der Waals surface area contributed by atoms with Crippen LogP contribution in [0.5, 0.6) is 0 Å². The van der Waals surface area contributed by atoms with Gasteiger partial charge >= 0.3 is 6.09 Å². The molecule has 0 unspecified atom stereocenters. The molecule has 2 N–H and O–H groups in total. The Balaban J connectivity index is 0.00000500. The van der Waals surface area contributed by atoms with Crippen LogP contribution in [-0.4, -0.2) is 52.6 Å². The van der Waals surface area contributed by atoms with E-state index in [-0.39, 0.29) is 53.7 Å². The molecule has 2 fully saturated rings. The van der Waals surface area contributed by atoms with Crippen molar-refractivity contribution in [1.82, 2.24) is 10.3 Å². The van der Waals surface area contributed by atoms with E-state index in [0.717, 1.165) is 21.9 Å². The summed E-state index contributed by atoms with van der Waals surface area (Å²) >= 11 is 6.55. The second kappa shape index (κ2) is 13.6. The van der Waals surface area contributed by atoms with Gasteiger partial charge in [0.15, 0.2) is 0 Å². The monoisotopic (exact) mass is 671 g/mol. The fraction of sp³-hybridized carbons (Fsp3) is 0.364. The highest BCUT2D eigenvalue weighted by Crippen LogP contribution is 2.40. The molecule has 47 heavy (non-hydrogen) atoms.